The van der Waals surface area contributed by atoms with Gasteiger partial charge in [0.15, 0.2) is 6.29 Å². The van der Waals surface area contributed by atoms with Crippen molar-refractivity contribution >= 4 is 22.6 Å². The van der Waals surface area contributed by atoms with Gasteiger partial charge < -0.3 is 66.3 Å². The summed E-state index contributed by atoms with van der Waals surface area (Å²) in [5.41, 5.74) is 0. The molecule has 0 aromatic carbocycles. The van der Waals surface area contributed by atoms with Crippen molar-refractivity contribution in [3.8, 4) is 0 Å². The molecular weight excluding hydrogens is 771 g/mol. The molecule has 300 valence electrons. The van der Waals surface area contributed by atoms with E-state index >= 15 is 0 Å². The zero-order valence-electron chi connectivity index (χ0n) is 30.7. The molecule has 1 aliphatic heterocycles. The summed E-state index contributed by atoms with van der Waals surface area (Å²) in [4.78, 5) is 0. The van der Waals surface area contributed by atoms with Crippen molar-refractivity contribution in [2.24, 2.45) is 0 Å². The van der Waals surface area contributed by atoms with Crippen LogP contribution in [-0.4, -0.2) is 182 Å². The van der Waals surface area contributed by atoms with Crippen LogP contribution in [0.2, 0.25) is 0 Å². The summed E-state index contributed by atoms with van der Waals surface area (Å²) >= 11 is 2.42. The lowest BCUT2D eigenvalue weighted by Gasteiger charge is -2.22. The van der Waals surface area contributed by atoms with Crippen molar-refractivity contribution in [1.82, 2.24) is 0 Å². The van der Waals surface area contributed by atoms with E-state index in [1.807, 2.05) is 0 Å². The normalized spacial score (nSPS) is 14.9. The smallest absolute Gasteiger partial charge is 0.157 e. The second kappa shape index (κ2) is 43.6. The van der Waals surface area contributed by atoms with Gasteiger partial charge in [-0.1, -0.05) is 35.4 Å². The van der Waals surface area contributed by atoms with Crippen molar-refractivity contribution in [2.75, 3.05) is 176 Å². The van der Waals surface area contributed by atoms with E-state index in [1.165, 1.54) is 30.1 Å². The van der Waals surface area contributed by atoms with Gasteiger partial charge in [0.1, 0.15) is 0 Å². The molecule has 1 heterocycles. The Hall–Kier alpha value is 0.170. The Balaban J connectivity index is 1.59. The van der Waals surface area contributed by atoms with Crippen LogP contribution >= 0.6 is 22.6 Å². The summed E-state index contributed by atoms with van der Waals surface area (Å²) in [5, 5.41) is 0. The molecule has 0 aromatic rings. The Labute approximate surface area is 315 Å². The molecule has 0 aliphatic carbocycles. The lowest BCUT2D eigenvalue weighted by Crippen LogP contribution is -2.24. The molecule has 1 aliphatic rings. The number of alkyl halides is 1. The highest BCUT2D eigenvalue weighted by molar-refractivity contribution is 14.1. The first-order valence-electron chi connectivity index (χ1n) is 18.7. The molecule has 0 bridgehead atoms. The molecule has 50 heavy (non-hydrogen) atoms. The average Bonchev–Trinajstić information content (AvgIpc) is 3.14. The van der Waals surface area contributed by atoms with Crippen molar-refractivity contribution in [3.05, 3.63) is 0 Å². The average molecular weight is 841 g/mol. The number of rotatable bonds is 43. The standard InChI is InChI=1S/C35H69IO14/c36-8-4-1-2-5-9-37-11-12-38-13-14-39-15-16-40-17-18-41-19-20-42-21-22-43-23-24-44-25-26-45-27-28-46-29-30-47-31-32-48-33-34-50-35-7-3-6-10-49-35/h35H,1-34H2. The number of hydrogen-bond donors (Lipinski definition) is 0. The summed E-state index contributed by atoms with van der Waals surface area (Å²) in [7, 11) is 0. The Kier molecular flexibility index (Phi) is 42.0. The lowest BCUT2D eigenvalue weighted by molar-refractivity contribution is -0.169. The van der Waals surface area contributed by atoms with Crippen LogP contribution in [0.15, 0.2) is 0 Å². The summed E-state index contributed by atoms with van der Waals surface area (Å²) in [6.07, 6.45) is 8.17. The molecule has 0 radical (unpaired) electrons. The summed E-state index contributed by atoms with van der Waals surface area (Å²) in [6.45, 7) is 14.5. The van der Waals surface area contributed by atoms with Crippen molar-refractivity contribution in [1.29, 1.82) is 0 Å². The topological polar surface area (TPSA) is 129 Å². The molecule has 1 fully saturated rings. The van der Waals surface area contributed by atoms with E-state index in [-0.39, 0.29) is 6.29 Å². The molecule has 1 atom stereocenters. The maximum Gasteiger partial charge on any atom is 0.157 e. The van der Waals surface area contributed by atoms with E-state index < -0.39 is 0 Å². The van der Waals surface area contributed by atoms with Gasteiger partial charge >= 0.3 is 0 Å². The first-order valence-corrected chi connectivity index (χ1v) is 20.2. The second-order valence-corrected chi connectivity index (χ2v) is 12.2. The molecule has 0 N–H and O–H groups in total. The number of unbranched alkanes of at least 4 members (excludes halogenated alkanes) is 3. The fourth-order valence-electron chi connectivity index (χ4n) is 4.25. The van der Waals surface area contributed by atoms with Crippen LogP contribution < -0.4 is 0 Å². The van der Waals surface area contributed by atoms with Gasteiger partial charge in [0.25, 0.3) is 0 Å². The molecular formula is C35H69IO14. The van der Waals surface area contributed by atoms with E-state index in [0.29, 0.717) is 159 Å². The van der Waals surface area contributed by atoms with E-state index in [0.717, 1.165) is 32.5 Å². The third-order valence-corrected chi connectivity index (χ3v) is 7.70. The fraction of sp³-hybridized carbons (Fsp3) is 1.00. The molecule has 1 saturated heterocycles. The zero-order chi connectivity index (χ0) is 35.5. The summed E-state index contributed by atoms with van der Waals surface area (Å²) in [5.74, 6) is 0. The highest BCUT2D eigenvalue weighted by atomic mass is 127. The molecule has 14 nitrogen and oxygen atoms in total. The Morgan fingerprint density at radius 3 is 0.940 bits per heavy atom. The summed E-state index contributed by atoms with van der Waals surface area (Å²) in [6, 6.07) is 0. The molecule has 15 heteroatoms. The van der Waals surface area contributed by atoms with Crippen molar-refractivity contribution in [2.45, 2.75) is 51.2 Å². The minimum absolute atomic E-state index is 0.0656. The van der Waals surface area contributed by atoms with Gasteiger partial charge in [-0.05, 0) is 36.5 Å². The Bertz CT molecular complexity index is 622. The number of halogens is 1. The van der Waals surface area contributed by atoms with E-state index in [4.69, 9.17) is 66.3 Å². The Morgan fingerprint density at radius 1 is 0.340 bits per heavy atom. The highest BCUT2D eigenvalue weighted by Gasteiger charge is 2.13. The van der Waals surface area contributed by atoms with Crippen LogP contribution in [0.4, 0.5) is 0 Å². The maximum absolute atomic E-state index is 5.61. The van der Waals surface area contributed by atoms with Crippen LogP contribution in [0, 0.1) is 0 Å². The van der Waals surface area contributed by atoms with Crippen LogP contribution in [0.25, 0.3) is 0 Å². The number of hydrogen-bond acceptors (Lipinski definition) is 14. The van der Waals surface area contributed by atoms with Gasteiger partial charge in [-0.3, -0.25) is 0 Å². The second-order valence-electron chi connectivity index (χ2n) is 11.1. The minimum Gasteiger partial charge on any atom is -0.379 e. The molecule has 0 saturated carbocycles. The Morgan fingerprint density at radius 2 is 0.640 bits per heavy atom. The first kappa shape index (κ1) is 48.2. The van der Waals surface area contributed by atoms with Crippen LogP contribution in [0.1, 0.15) is 44.9 Å². The van der Waals surface area contributed by atoms with E-state index in [1.54, 1.807) is 0 Å². The van der Waals surface area contributed by atoms with E-state index in [2.05, 4.69) is 22.6 Å². The maximum atomic E-state index is 5.61. The molecule has 1 unspecified atom stereocenters. The van der Waals surface area contributed by atoms with Gasteiger partial charge in [0.2, 0.25) is 0 Å². The summed E-state index contributed by atoms with van der Waals surface area (Å²) < 4.78 is 78.4. The quantitative estimate of drug-likeness (QED) is 0.0503. The van der Waals surface area contributed by atoms with Gasteiger partial charge in [-0.2, -0.15) is 0 Å². The highest BCUT2D eigenvalue weighted by Crippen LogP contribution is 2.13. The van der Waals surface area contributed by atoms with Crippen LogP contribution in [-0.2, 0) is 66.3 Å². The molecule has 1 rings (SSSR count). The van der Waals surface area contributed by atoms with Crippen molar-refractivity contribution < 1.29 is 66.3 Å². The number of ether oxygens (including phenoxy) is 14. The zero-order valence-corrected chi connectivity index (χ0v) is 32.9. The van der Waals surface area contributed by atoms with Gasteiger partial charge in [-0.25, -0.2) is 0 Å². The minimum atomic E-state index is -0.0656. The first-order chi connectivity index (χ1) is 24.9. The van der Waals surface area contributed by atoms with E-state index in [9.17, 15) is 0 Å². The third kappa shape index (κ3) is 39.4. The predicted octanol–water partition coefficient (Wildman–Crippen LogP) is 3.72. The fourth-order valence-corrected chi connectivity index (χ4v) is 4.79. The van der Waals surface area contributed by atoms with Crippen molar-refractivity contribution in [3.63, 3.8) is 0 Å². The predicted molar refractivity (Wildman–Crippen MR) is 197 cm³/mol. The SMILES string of the molecule is ICCCCCCOCCOCCOCCOCCOCCOCCOCCOCCOCCOCCOCCOCCOC1CCCCO1. The lowest BCUT2D eigenvalue weighted by atomic mass is 10.2. The van der Waals surface area contributed by atoms with Gasteiger partial charge in [0.05, 0.1) is 159 Å². The third-order valence-electron chi connectivity index (χ3n) is 6.93. The van der Waals surface area contributed by atoms with Crippen LogP contribution in [0.5, 0.6) is 0 Å². The molecule has 0 aromatic heterocycles. The molecule has 0 spiro atoms. The van der Waals surface area contributed by atoms with Crippen LogP contribution in [0.3, 0.4) is 0 Å². The molecule has 0 amide bonds. The van der Waals surface area contributed by atoms with Gasteiger partial charge in [-0.15, -0.1) is 0 Å². The monoisotopic (exact) mass is 840 g/mol. The largest absolute Gasteiger partial charge is 0.379 e. The van der Waals surface area contributed by atoms with Gasteiger partial charge in [0, 0.05) is 13.2 Å².